The summed E-state index contributed by atoms with van der Waals surface area (Å²) in [5, 5.41) is 0.198. The van der Waals surface area contributed by atoms with Crippen LogP contribution in [0, 0.1) is 0 Å². The normalized spacial score (nSPS) is 15.8. The van der Waals surface area contributed by atoms with Crippen molar-refractivity contribution in [1.29, 1.82) is 0 Å². The monoisotopic (exact) mass is 407 g/mol. The first-order valence-corrected chi connectivity index (χ1v) is 10.3. The molecule has 0 unspecified atom stereocenters. The number of carbonyl (C=O) groups is 2. The van der Waals surface area contributed by atoms with Gasteiger partial charge in [-0.25, -0.2) is 12.7 Å². The molecular formula is C18H18ClN3O4S. The largest absolute Gasteiger partial charge is 0.341 e. The Morgan fingerprint density at radius 3 is 2.59 bits per heavy atom. The minimum Gasteiger partial charge on any atom is -0.341 e. The molecule has 0 atom stereocenters. The molecule has 2 heterocycles. The van der Waals surface area contributed by atoms with Crippen LogP contribution in [0.4, 0.5) is 5.69 Å². The van der Waals surface area contributed by atoms with Crippen LogP contribution in [0.3, 0.4) is 0 Å². The summed E-state index contributed by atoms with van der Waals surface area (Å²) in [6, 6.07) is 7.96. The van der Waals surface area contributed by atoms with Crippen LogP contribution in [-0.2, 0) is 21.2 Å². The number of amides is 2. The van der Waals surface area contributed by atoms with Crippen LogP contribution in [0.15, 0.2) is 42.7 Å². The van der Waals surface area contributed by atoms with E-state index in [1.165, 1.54) is 23.1 Å². The van der Waals surface area contributed by atoms with Gasteiger partial charge in [0, 0.05) is 32.4 Å². The summed E-state index contributed by atoms with van der Waals surface area (Å²) in [6.45, 7) is 0.449. The molecule has 9 heteroatoms. The minimum absolute atomic E-state index is 0.0694. The molecule has 1 aromatic heterocycles. The van der Waals surface area contributed by atoms with Crippen molar-refractivity contribution in [3.05, 3.63) is 58.9 Å². The first-order chi connectivity index (χ1) is 12.8. The maximum absolute atomic E-state index is 12.8. The third kappa shape index (κ3) is 4.12. The molecular weight excluding hydrogens is 390 g/mol. The lowest BCUT2D eigenvalue weighted by Gasteiger charge is -2.20. The number of halogens is 1. The summed E-state index contributed by atoms with van der Waals surface area (Å²) in [4.78, 5) is 30.2. The quantitative estimate of drug-likeness (QED) is 0.757. The van der Waals surface area contributed by atoms with Gasteiger partial charge in [-0.15, -0.1) is 0 Å². The van der Waals surface area contributed by atoms with E-state index in [-0.39, 0.29) is 34.4 Å². The van der Waals surface area contributed by atoms with Crippen LogP contribution in [0.1, 0.15) is 22.3 Å². The number of pyridine rings is 1. The third-order valence-electron chi connectivity index (χ3n) is 4.33. The summed E-state index contributed by atoms with van der Waals surface area (Å²) in [5.74, 6) is -1.09. The molecule has 2 aromatic rings. The first-order valence-electron chi connectivity index (χ1n) is 8.29. The number of nitrogens with zero attached hydrogens (tertiary/aromatic N) is 3. The molecule has 27 heavy (non-hydrogen) atoms. The number of benzene rings is 1. The van der Waals surface area contributed by atoms with Crippen LogP contribution < -0.4 is 4.31 Å². The van der Waals surface area contributed by atoms with Crippen LogP contribution in [0.25, 0.3) is 0 Å². The molecule has 1 fully saturated rings. The number of likely N-dealkylation sites (N-methyl/N-ethyl adjacent to an activating group) is 1. The van der Waals surface area contributed by atoms with Crippen LogP contribution in [0.2, 0.25) is 5.02 Å². The average molecular weight is 408 g/mol. The van der Waals surface area contributed by atoms with E-state index in [0.29, 0.717) is 13.0 Å². The molecule has 3 rings (SSSR count). The van der Waals surface area contributed by atoms with Gasteiger partial charge in [-0.05, 0) is 42.3 Å². The molecule has 1 aliphatic heterocycles. The molecule has 1 saturated heterocycles. The maximum atomic E-state index is 12.8. The van der Waals surface area contributed by atoms with Crippen molar-refractivity contribution in [3.63, 3.8) is 0 Å². The van der Waals surface area contributed by atoms with E-state index in [4.69, 9.17) is 11.6 Å². The van der Waals surface area contributed by atoms with Gasteiger partial charge in [0.05, 0.1) is 22.0 Å². The van der Waals surface area contributed by atoms with Gasteiger partial charge in [0.2, 0.25) is 15.9 Å². The Morgan fingerprint density at radius 2 is 1.96 bits per heavy atom. The van der Waals surface area contributed by atoms with Crippen molar-refractivity contribution in [1.82, 2.24) is 9.88 Å². The predicted molar refractivity (Wildman–Crippen MR) is 102 cm³/mol. The number of hydrogen-bond acceptors (Lipinski definition) is 5. The summed E-state index contributed by atoms with van der Waals surface area (Å²) in [6.07, 6.45) is 3.94. The highest BCUT2D eigenvalue weighted by molar-refractivity contribution is 7.94. The molecule has 2 amide bonds. The van der Waals surface area contributed by atoms with Gasteiger partial charge >= 0.3 is 0 Å². The second-order valence-corrected chi connectivity index (χ2v) is 8.56. The van der Waals surface area contributed by atoms with E-state index >= 15 is 0 Å². The number of rotatable bonds is 5. The van der Waals surface area contributed by atoms with Crippen molar-refractivity contribution in [2.45, 2.75) is 12.8 Å². The molecule has 0 aliphatic carbocycles. The van der Waals surface area contributed by atoms with Crippen LogP contribution in [0.5, 0.6) is 0 Å². The summed E-state index contributed by atoms with van der Waals surface area (Å²) in [5.41, 5.74) is 1.33. The fourth-order valence-electron chi connectivity index (χ4n) is 2.83. The lowest BCUT2D eigenvalue weighted by atomic mass is 10.1. The van der Waals surface area contributed by atoms with Gasteiger partial charge < -0.3 is 4.90 Å². The van der Waals surface area contributed by atoms with Gasteiger partial charge in [0.15, 0.2) is 0 Å². The highest BCUT2D eigenvalue weighted by atomic mass is 35.5. The summed E-state index contributed by atoms with van der Waals surface area (Å²) < 4.78 is 25.0. The Kier molecular flexibility index (Phi) is 5.48. The SMILES string of the molecule is CN(CCc1ccncc1)C(=O)c1cc(N2C(=O)CCS2(=O)=O)ccc1Cl. The number of carbonyl (C=O) groups excluding carboxylic acids is 2. The third-order valence-corrected chi connectivity index (χ3v) is 6.35. The van der Waals surface area contributed by atoms with Gasteiger partial charge in [0.25, 0.3) is 5.91 Å². The van der Waals surface area contributed by atoms with Gasteiger partial charge in [0.1, 0.15) is 0 Å². The summed E-state index contributed by atoms with van der Waals surface area (Å²) in [7, 11) is -2.06. The second-order valence-electron chi connectivity index (χ2n) is 6.22. The number of hydrogen-bond donors (Lipinski definition) is 0. The maximum Gasteiger partial charge on any atom is 0.255 e. The molecule has 7 nitrogen and oxygen atoms in total. The highest BCUT2D eigenvalue weighted by Crippen LogP contribution is 2.29. The Bertz CT molecular complexity index is 979. The van der Waals surface area contributed by atoms with E-state index in [0.717, 1.165) is 9.87 Å². The van der Waals surface area contributed by atoms with E-state index in [1.54, 1.807) is 19.4 Å². The Morgan fingerprint density at radius 1 is 1.26 bits per heavy atom. The topological polar surface area (TPSA) is 87.7 Å². The molecule has 0 saturated carbocycles. The zero-order valence-electron chi connectivity index (χ0n) is 14.6. The lowest BCUT2D eigenvalue weighted by Crippen LogP contribution is -2.31. The smallest absolute Gasteiger partial charge is 0.255 e. The van der Waals surface area contributed by atoms with E-state index in [9.17, 15) is 18.0 Å². The highest BCUT2D eigenvalue weighted by Gasteiger charge is 2.36. The van der Waals surface area contributed by atoms with Gasteiger partial charge in [-0.1, -0.05) is 11.6 Å². The number of aromatic nitrogens is 1. The van der Waals surface area contributed by atoms with E-state index < -0.39 is 15.9 Å². The van der Waals surface area contributed by atoms with Gasteiger partial charge in [-0.3, -0.25) is 14.6 Å². The van der Waals surface area contributed by atoms with Crippen molar-refractivity contribution >= 4 is 39.1 Å². The average Bonchev–Trinajstić information content (AvgIpc) is 2.93. The number of sulfonamides is 1. The molecule has 0 radical (unpaired) electrons. The van der Waals surface area contributed by atoms with Gasteiger partial charge in [-0.2, -0.15) is 0 Å². The first kappa shape index (κ1) is 19.3. The molecule has 0 bridgehead atoms. The van der Waals surface area contributed by atoms with E-state index in [2.05, 4.69) is 4.98 Å². The van der Waals surface area contributed by atoms with Crippen molar-refractivity contribution in [2.24, 2.45) is 0 Å². The standard InChI is InChI=1S/C18H18ClN3O4S/c1-21(10-6-13-4-8-20-9-5-13)18(24)15-12-14(2-3-16(15)19)22-17(23)7-11-27(22,25)26/h2-5,8-9,12H,6-7,10-11H2,1H3. The van der Waals surface area contributed by atoms with Crippen LogP contribution >= 0.6 is 11.6 Å². The molecule has 0 spiro atoms. The number of anilines is 1. The van der Waals surface area contributed by atoms with Crippen molar-refractivity contribution < 1.29 is 18.0 Å². The zero-order chi connectivity index (χ0) is 19.6. The van der Waals surface area contributed by atoms with E-state index in [1.807, 2.05) is 12.1 Å². The fraction of sp³-hybridized carbons (Fsp3) is 0.278. The molecule has 0 N–H and O–H groups in total. The Hall–Kier alpha value is -2.45. The Labute approximate surface area is 162 Å². The van der Waals surface area contributed by atoms with Crippen molar-refractivity contribution in [3.8, 4) is 0 Å². The van der Waals surface area contributed by atoms with Crippen molar-refractivity contribution in [2.75, 3.05) is 23.7 Å². The predicted octanol–water partition coefficient (Wildman–Crippen LogP) is 2.12. The lowest BCUT2D eigenvalue weighted by molar-refractivity contribution is -0.116. The fourth-order valence-corrected chi connectivity index (χ4v) is 4.48. The minimum atomic E-state index is -3.70. The van der Waals surface area contributed by atoms with Crippen LogP contribution in [-0.4, -0.2) is 49.5 Å². The second kappa shape index (κ2) is 7.66. The molecule has 1 aliphatic rings. The molecule has 1 aromatic carbocycles. The summed E-state index contributed by atoms with van der Waals surface area (Å²) >= 11 is 6.16. The molecule has 142 valence electrons. The Balaban J connectivity index is 1.81. The zero-order valence-corrected chi connectivity index (χ0v) is 16.2.